The summed E-state index contributed by atoms with van der Waals surface area (Å²) >= 11 is 0. The predicted molar refractivity (Wildman–Crippen MR) is 48.3 cm³/mol. The van der Waals surface area contributed by atoms with Gasteiger partial charge in [-0.1, -0.05) is 0 Å². The molecule has 90 valence electrons. The van der Waals surface area contributed by atoms with E-state index in [1.165, 1.54) is 0 Å². The number of aliphatic hydroxyl groups is 3. The third kappa shape index (κ3) is 4.01. The molecule has 0 bridgehead atoms. The van der Waals surface area contributed by atoms with Crippen LogP contribution >= 0.6 is 0 Å². The van der Waals surface area contributed by atoms with Gasteiger partial charge < -0.3 is 20.1 Å². The summed E-state index contributed by atoms with van der Waals surface area (Å²) in [4.78, 5) is 0. The fourth-order valence-corrected chi connectivity index (χ4v) is 1.64. The SMILES string of the molecule is CS(=O)(=O)OC[C@H]1O[C@@H](O)C[C@@H](O)[C@@H]1O. The Morgan fingerprint density at radius 1 is 1.40 bits per heavy atom. The molecule has 1 aliphatic heterocycles. The van der Waals surface area contributed by atoms with Crippen LogP contribution in [0.15, 0.2) is 0 Å². The van der Waals surface area contributed by atoms with Crippen molar-refractivity contribution in [2.75, 3.05) is 12.9 Å². The fraction of sp³-hybridized carbons (Fsp3) is 1.00. The van der Waals surface area contributed by atoms with Gasteiger partial charge in [0.05, 0.1) is 19.0 Å². The first-order valence-electron chi connectivity index (χ1n) is 4.33. The Morgan fingerprint density at radius 3 is 2.53 bits per heavy atom. The van der Waals surface area contributed by atoms with Gasteiger partial charge in [-0.15, -0.1) is 0 Å². The summed E-state index contributed by atoms with van der Waals surface area (Å²) in [5, 5.41) is 27.7. The van der Waals surface area contributed by atoms with Crippen molar-refractivity contribution in [3.63, 3.8) is 0 Å². The Hall–Kier alpha value is -0.250. The van der Waals surface area contributed by atoms with Gasteiger partial charge >= 0.3 is 0 Å². The summed E-state index contributed by atoms with van der Waals surface area (Å²) in [7, 11) is -3.64. The highest BCUT2D eigenvalue weighted by atomic mass is 32.2. The Morgan fingerprint density at radius 2 is 2.00 bits per heavy atom. The lowest BCUT2D eigenvalue weighted by atomic mass is 10.0. The smallest absolute Gasteiger partial charge is 0.264 e. The molecule has 3 N–H and O–H groups in total. The van der Waals surface area contributed by atoms with Gasteiger partial charge in [-0.25, -0.2) is 0 Å². The maximum Gasteiger partial charge on any atom is 0.264 e. The lowest BCUT2D eigenvalue weighted by Crippen LogP contribution is -2.50. The molecule has 0 aromatic carbocycles. The molecule has 0 aromatic rings. The van der Waals surface area contributed by atoms with E-state index in [0.717, 1.165) is 6.26 Å². The second kappa shape index (κ2) is 4.73. The van der Waals surface area contributed by atoms with E-state index in [4.69, 9.17) is 9.84 Å². The zero-order valence-corrected chi connectivity index (χ0v) is 8.92. The molecule has 0 aliphatic carbocycles. The zero-order chi connectivity index (χ0) is 11.6. The quantitative estimate of drug-likeness (QED) is 0.481. The summed E-state index contributed by atoms with van der Waals surface area (Å²) in [6, 6.07) is 0. The largest absolute Gasteiger partial charge is 0.390 e. The average molecular weight is 242 g/mol. The molecule has 8 heteroatoms. The van der Waals surface area contributed by atoms with E-state index in [2.05, 4.69) is 4.18 Å². The first-order valence-corrected chi connectivity index (χ1v) is 6.15. The maximum absolute atomic E-state index is 10.7. The molecule has 1 fully saturated rings. The molecule has 0 radical (unpaired) electrons. The van der Waals surface area contributed by atoms with Crippen molar-refractivity contribution in [2.45, 2.75) is 31.0 Å². The van der Waals surface area contributed by atoms with Gasteiger partial charge in [0.2, 0.25) is 0 Å². The van der Waals surface area contributed by atoms with Crippen LogP contribution < -0.4 is 0 Å². The highest BCUT2D eigenvalue weighted by molar-refractivity contribution is 7.85. The lowest BCUT2D eigenvalue weighted by molar-refractivity contribution is -0.237. The third-order valence-electron chi connectivity index (χ3n) is 2.00. The monoisotopic (exact) mass is 242 g/mol. The Balaban J connectivity index is 2.52. The Kier molecular flexibility index (Phi) is 4.04. The summed E-state index contributed by atoms with van der Waals surface area (Å²) < 4.78 is 30.5. The van der Waals surface area contributed by atoms with E-state index in [0.29, 0.717) is 0 Å². The van der Waals surface area contributed by atoms with Crippen LogP contribution in [0.5, 0.6) is 0 Å². The van der Waals surface area contributed by atoms with Crippen molar-refractivity contribution < 1.29 is 32.7 Å². The van der Waals surface area contributed by atoms with Crippen LogP contribution in [-0.4, -0.2) is 61.2 Å². The van der Waals surface area contributed by atoms with Crippen molar-refractivity contribution in [1.82, 2.24) is 0 Å². The van der Waals surface area contributed by atoms with E-state index < -0.39 is 41.3 Å². The zero-order valence-electron chi connectivity index (χ0n) is 8.11. The van der Waals surface area contributed by atoms with Crippen LogP contribution in [-0.2, 0) is 19.0 Å². The van der Waals surface area contributed by atoms with Crippen molar-refractivity contribution in [3.05, 3.63) is 0 Å². The molecule has 0 spiro atoms. The fourth-order valence-electron chi connectivity index (χ4n) is 1.26. The predicted octanol–water partition coefficient (Wildman–Crippen LogP) is -2.21. The summed E-state index contributed by atoms with van der Waals surface area (Å²) in [5.41, 5.74) is 0. The lowest BCUT2D eigenvalue weighted by Gasteiger charge is -2.34. The van der Waals surface area contributed by atoms with Crippen LogP contribution in [0.1, 0.15) is 6.42 Å². The molecule has 0 unspecified atom stereocenters. The minimum absolute atomic E-state index is 0.115. The summed E-state index contributed by atoms with van der Waals surface area (Å²) in [6.45, 7) is -0.436. The third-order valence-corrected chi connectivity index (χ3v) is 2.56. The number of hydrogen-bond acceptors (Lipinski definition) is 7. The molecular weight excluding hydrogens is 228 g/mol. The molecule has 0 amide bonds. The van der Waals surface area contributed by atoms with Crippen molar-refractivity contribution >= 4 is 10.1 Å². The van der Waals surface area contributed by atoms with E-state index in [-0.39, 0.29) is 6.42 Å². The average Bonchev–Trinajstić information content (AvgIpc) is 2.07. The summed E-state index contributed by atoms with van der Waals surface area (Å²) in [5.74, 6) is 0. The second-order valence-corrected chi connectivity index (χ2v) is 5.06. The Labute approximate surface area is 87.4 Å². The van der Waals surface area contributed by atoms with E-state index in [1.807, 2.05) is 0 Å². The number of rotatable bonds is 3. The normalized spacial score (nSPS) is 37.9. The van der Waals surface area contributed by atoms with E-state index >= 15 is 0 Å². The Bertz CT molecular complexity index is 300. The molecule has 0 saturated carbocycles. The molecular formula is C7H14O7S. The first kappa shape index (κ1) is 12.8. The van der Waals surface area contributed by atoms with Gasteiger partial charge in [0, 0.05) is 6.42 Å². The number of aliphatic hydroxyl groups excluding tert-OH is 3. The molecule has 1 heterocycles. The van der Waals surface area contributed by atoms with E-state index in [9.17, 15) is 18.6 Å². The topological polar surface area (TPSA) is 113 Å². The van der Waals surface area contributed by atoms with Gasteiger partial charge in [0.1, 0.15) is 12.2 Å². The molecule has 4 atom stereocenters. The van der Waals surface area contributed by atoms with Crippen LogP contribution in [0.2, 0.25) is 0 Å². The molecule has 15 heavy (non-hydrogen) atoms. The van der Waals surface area contributed by atoms with Gasteiger partial charge in [-0.3, -0.25) is 4.18 Å². The van der Waals surface area contributed by atoms with Crippen LogP contribution in [0.3, 0.4) is 0 Å². The standard InChI is InChI=1S/C7H14O7S/c1-15(11,12)13-3-5-7(10)4(8)2-6(9)14-5/h4-10H,2-3H2,1H3/t4-,5-,6-,7+/m1/s1. The first-order chi connectivity index (χ1) is 6.79. The number of ether oxygens (including phenoxy) is 1. The molecule has 1 rings (SSSR count). The van der Waals surface area contributed by atoms with Crippen LogP contribution in [0.4, 0.5) is 0 Å². The minimum Gasteiger partial charge on any atom is -0.390 e. The van der Waals surface area contributed by atoms with Crippen LogP contribution in [0, 0.1) is 0 Å². The van der Waals surface area contributed by atoms with E-state index in [1.54, 1.807) is 0 Å². The molecule has 1 saturated heterocycles. The summed E-state index contributed by atoms with van der Waals surface area (Å²) in [6.07, 6.45) is -3.96. The maximum atomic E-state index is 10.7. The van der Waals surface area contributed by atoms with Crippen molar-refractivity contribution in [3.8, 4) is 0 Å². The molecule has 7 nitrogen and oxygen atoms in total. The van der Waals surface area contributed by atoms with Gasteiger partial charge in [-0.05, 0) is 0 Å². The van der Waals surface area contributed by atoms with Crippen molar-refractivity contribution in [2.24, 2.45) is 0 Å². The second-order valence-electron chi connectivity index (χ2n) is 3.41. The van der Waals surface area contributed by atoms with Gasteiger partial charge in [0.15, 0.2) is 6.29 Å². The van der Waals surface area contributed by atoms with Gasteiger partial charge in [0.25, 0.3) is 10.1 Å². The van der Waals surface area contributed by atoms with Crippen molar-refractivity contribution in [1.29, 1.82) is 0 Å². The minimum atomic E-state index is -3.64. The molecule has 1 aliphatic rings. The molecule has 0 aromatic heterocycles. The highest BCUT2D eigenvalue weighted by Gasteiger charge is 2.36. The number of hydrogen-bond donors (Lipinski definition) is 3. The highest BCUT2D eigenvalue weighted by Crippen LogP contribution is 2.19. The van der Waals surface area contributed by atoms with Crippen LogP contribution in [0.25, 0.3) is 0 Å². The van der Waals surface area contributed by atoms with Gasteiger partial charge in [-0.2, -0.15) is 8.42 Å².